The van der Waals surface area contributed by atoms with Gasteiger partial charge in [-0.3, -0.25) is 4.79 Å². The normalized spacial score (nSPS) is 17.8. The molecule has 0 bridgehead atoms. The molecule has 1 amide bonds. The van der Waals surface area contributed by atoms with Gasteiger partial charge in [0.15, 0.2) is 0 Å². The van der Waals surface area contributed by atoms with Crippen LogP contribution in [0.2, 0.25) is 0 Å². The van der Waals surface area contributed by atoms with Crippen molar-refractivity contribution < 1.29 is 9.53 Å². The fourth-order valence-electron chi connectivity index (χ4n) is 2.88. The van der Waals surface area contributed by atoms with Gasteiger partial charge in [-0.05, 0) is 23.8 Å². The largest absolute Gasteiger partial charge is 0.378 e. The maximum Gasteiger partial charge on any atom is 0.254 e. The molecule has 1 heterocycles. The number of hydrogen-bond donors (Lipinski definition) is 0. The van der Waals surface area contributed by atoms with Crippen LogP contribution in [-0.4, -0.2) is 44.7 Å². The van der Waals surface area contributed by atoms with Gasteiger partial charge < -0.3 is 14.5 Å². The zero-order chi connectivity index (χ0) is 16.2. The second-order valence-corrected chi connectivity index (χ2v) is 5.94. The highest BCUT2D eigenvalue weighted by molar-refractivity contribution is 5.95. The quantitative estimate of drug-likeness (QED) is 0.874. The van der Waals surface area contributed by atoms with Gasteiger partial charge in [-0.15, -0.1) is 0 Å². The van der Waals surface area contributed by atoms with Crippen LogP contribution in [0.4, 0.5) is 5.69 Å². The van der Waals surface area contributed by atoms with Crippen LogP contribution < -0.4 is 4.90 Å². The monoisotopic (exact) mass is 310 g/mol. The molecule has 0 saturated carbocycles. The average Bonchev–Trinajstić information content (AvgIpc) is 2.62. The first-order valence-electron chi connectivity index (χ1n) is 7.88. The predicted octanol–water partition coefficient (Wildman–Crippen LogP) is 2.97. The number of carbonyl (C=O) groups is 1. The van der Waals surface area contributed by atoms with Crippen molar-refractivity contribution in [2.24, 2.45) is 0 Å². The summed E-state index contributed by atoms with van der Waals surface area (Å²) in [5, 5.41) is 0. The Morgan fingerprint density at radius 1 is 1.13 bits per heavy atom. The highest BCUT2D eigenvalue weighted by Gasteiger charge is 2.29. The SMILES string of the molecule is CN(C)c1cccc(C(=O)N2CCOCC2c2ccccc2)c1. The van der Waals surface area contributed by atoms with E-state index in [4.69, 9.17) is 4.74 Å². The fourth-order valence-corrected chi connectivity index (χ4v) is 2.88. The number of benzene rings is 2. The molecule has 0 spiro atoms. The van der Waals surface area contributed by atoms with Crippen molar-refractivity contribution in [3.05, 3.63) is 65.7 Å². The maximum atomic E-state index is 13.0. The second kappa shape index (κ2) is 6.84. The summed E-state index contributed by atoms with van der Waals surface area (Å²) in [5.41, 5.74) is 2.86. The molecule has 1 aliphatic rings. The first kappa shape index (κ1) is 15.6. The van der Waals surface area contributed by atoms with Crippen molar-refractivity contribution in [2.75, 3.05) is 38.8 Å². The zero-order valence-electron chi connectivity index (χ0n) is 13.6. The number of ether oxygens (including phenoxy) is 1. The molecule has 4 nitrogen and oxygen atoms in total. The number of carbonyl (C=O) groups excluding carboxylic acids is 1. The minimum atomic E-state index is -0.0273. The Labute approximate surface area is 137 Å². The summed E-state index contributed by atoms with van der Waals surface area (Å²) < 4.78 is 5.61. The molecule has 1 fully saturated rings. The van der Waals surface area contributed by atoms with E-state index in [1.165, 1.54) is 0 Å². The third-order valence-electron chi connectivity index (χ3n) is 4.18. The zero-order valence-corrected chi connectivity index (χ0v) is 13.6. The van der Waals surface area contributed by atoms with Crippen LogP contribution in [-0.2, 0) is 4.74 Å². The first-order chi connectivity index (χ1) is 11.2. The molecule has 1 aliphatic heterocycles. The molecule has 0 aliphatic carbocycles. The Bertz CT molecular complexity index is 670. The number of anilines is 1. The predicted molar refractivity (Wildman–Crippen MR) is 91.8 cm³/mol. The Morgan fingerprint density at radius 3 is 2.65 bits per heavy atom. The molecule has 3 rings (SSSR count). The Hall–Kier alpha value is -2.33. The van der Waals surface area contributed by atoms with Gasteiger partial charge in [0.1, 0.15) is 0 Å². The summed E-state index contributed by atoms with van der Waals surface area (Å²) in [5.74, 6) is 0.0610. The van der Waals surface area contributed by atoms with E-state index < -0.39 is 0 Å². The lowest BCUT2D eigenvalue weighted by molar-refractivity contribution is -0.00269. The molecule has 2 aromatic rings. The summed E-state index contributed by atoms with van der Waals surface area (Å²) in [4.78, 5) is 16.9. The molecular weight excluding hydrogens is 288 g/mol. The van der Waals surface area contributed by atoms with E-state index in [0.29, 0.717) is 19.8 Å². The molecule has 0 radical (unpaired) electrons. The Kier molecular flexibility index (Phi) is 4.63. The van der Waals surface area contributed by atoms with Crippen LogP contribution in [0, 0.1) is 0 Å². The Morgan fingerprint density at radius 2 is 1.91 bits per heavy atom. The number of hydrogen-bond acceptors (Lipinski definition) is 3. The maximum absolute atomic E-state index is 13.0. The summed E-state index contributed by atoms with van der Waals surface area (Å²) in [7, 11) is 3.95. The summed E-state index contributed by atoms with van der Waals surface area (Å²) >= 11 is 0. The van der Waals surface area contributed by atoms with Gasteiger partial charge in [0, 0.05) is 31.9 Å². The minimum absolute atomic E-state index is 0.0273. The Balaban J connectivity index is 1.88. The van der Waals surface area contributed by atoms with Gasteiger partial charge in [-0.1, -0.05) is 36.4 Å². The van der Waals surface area contributed by atoms with Gasteiger partial charge in [0.25, 0.3) is 5.91 Å². The second-order valence-electron chi connectivity index (χ2n) is 5.94. The number of rotatable bonds is 3. The van der Waals surface area contributed by atoms with Crippen molar-refractivity contribution in [2.45, 2.75) is 6.04 Å². The van der Waals surface area contributed by atoms with E-state index in [-0.39, 0.29) is 11.9 Å². The molecule has 1 atom stereocenters. The highest BCUT2D eigenvalue weighted by Crippen LogP contribution is 2.26. The van der Waals surface area contributed by atoms with E-state index in [1.807, 2.05) is 66.4 Å². The van der Waals surface area contributed by atoms with Crippen LogP contribution in [0.15, 0.2) is 54.6 Å². The van der Waals surface area contributed by atoms with E-state index >= 15 is 0 Å². The van der Waals surface area contributed by atoms with Crippen LogP contribution in [0.5, 0.6) is 0 Å². The van der Waals surface area contributed by atoms with E-state index in [0.717, 1.165) is 16.8 Å². The highest BCUT2D eigenvalue weighted by atomic mass is 16.5. The smallest absolute Gasteiger partial charge is 0.254 e. The lowest BCUT2D eigenvalue weighted by atomic mass is 10.0. The van der Waals surface area contributed by atoms with Gasteiger partial charge in [0.2, 0.25) is 0 Å². The van der Waals surface area contributed by atoms with Crippen LogP contribution in [0.3, 0.4) is 0 Å². The van der Waals surface area contributed by atoms with E-state index in [9.17, 15) is 4.79 Å². The molecule has 23 heavy (non-hydrogen) atoms. The van der Waals surface area contributed by atoms with Crippen LogP contribution >= 0.6 is 0 Å². The number of amides is 1. The standard InChI is InChI=1S/C19H22N2O2/c1-20(2)17-10-6-9-16(13-17)19(22)21-11-12-23-14-18(21)15-7-4-3-5-8-15/h3-10,13,18H,11-12,14H2,1-2H3. The minimum Gasteiger partial charge on any atom is -0.378 e. The van der Waals surface area contributed by atoms with Crippen molar-refractivity contribution in [3.8, 4) is 0 Å². The van der Waals surface area contributed by atoms with Gasteiger partial charge in [-0.2, -0.15) is 0 Å². The van der Waals surface area contributed by atoms with Gasteiger partial charge >= 0.3 is 0 Å². The van der Waals surface area contributed by atoms with Crippen molar-refractivity contribution in [1.29, 1.82) is 0 Å². The van der Waals surface area contributed by atoms with Gasteiger partial charge in [0.05, 0.1) is 19.3 Å². The molecule has 120 valence electrons. The van der Waals surface area contributed by atoms with Gasteiger partial charge in [-0.25, -0.2) is 0 Å². The fraction of sp³-hybridized carbons (Fsp3) is 0.316. The van der Waals surface area contributed by atoms with E-state index in [1.54, 1.807) is 0 Å². The summed E-state index contributed by atoms with van der Waals surface area (Å²) in [6.07, 6.45) is 0. The summed E-state index contributed by atoms with van der Waals surface area (Å²) in [6.45, 7) is 1.75. The molecule has 0 aromatic heterocycles. The van der Waals surface area contributed by atoms with Crippen molar-refractivity contribution in [3.63, 3.8) is 0 Å². The molecule has 1 unspecified atom stereocenters. The lowest BCUT2D eigenvalue weighted by Crippen LogP contribution is -2.43. The first-order valence-corrected chi connectivity index (χ1v) is 7.88. The summed E-state index contributed by atoms with van der Waals surface area (Å²) in [6, 6.07) is 17.8. The number of nitrogens with zero attached hydrogens (tertiary/aromatic N) is 2. The molecular formula is C19H22N2O2. The van der Waals surface area contributed by atoms with Crippen LogP contribution in [0.25, 0.3) is 0 Å². The average molecular weight is 310 g/mol. The van der Waals surface area contributed by atoms with E-state index in [2.05, 4.69) is 12.1 Å². The van der Waals surface area contributed by atoms with Crippen molar-refractivity contribution >= 4 is 11.6 Å². The molecule has 0 N–H and O–H groups in total. The van der Waals surface area contributed by atoms with Crippen LogP contribution in [0.1, 0.15) is 22.0 Å². The lowest BCUT2D eigenvalue weighted by Gasteiger charge is -2.36. The molecule has 1 saturated heterocycles. The third-order valence-corrected chi connectivity index (χ3v) is 4.18. The molecule has 4 heteroatoms. The number of morpholine rings is 1. The van der Waals surface area contributed by atoms with Crippen molar-refractivity contribution in [1.82, 2.24) is 4.90 Å². The molecule has 2 aromatic carbocycles. The topological polar surface area (TPSA) is 32.8 Å². The third kappa shape index (κ3) is 3.37.